The Morgan fingerprint density at radius 1 is 1.00 bits per heavy atom. The van der Waals surface area contributed by atoms with Gasteiger partial charge in [0.15, 0.2) is 0 Å². The van der Waals surface area contributed by atoms with Crippen molar-refractivity contribution in [2.45, 2.75) is 29.6 Å². The number of carbonyl (C=O) groups is 1. The van der Waals surface area contributed by atoms with Gasteiger partial charge in [0.25, 0.3) is 10.0 Å². The summed E-state index contributed by atoms with van der Waals surface area (Å²) in [6, 6.07) is 21.1. The number of amides is 1. The highest BCUT2D eigenvalue weighted by molar-refractivity contribution is 7.98. The molecule has 0 spiro atoms. The minimum absolute atomic E-state index is 0.125. The molecule has 3 aromatic carbocycles. The van der Waals surface area contributed by atoms with Crippen molar-refractivity contribution < 1.29 is 22.7 Å². The van der Waals surface area contributed by atoms with Crippen LogP contribution in [0.5, 0.6) is 11.5 Å². The second-order valence-corrected chi connectivity index (χ2v) is 10.7. The summed E-state index contributed by atoms with van der Waals surface area (Å²) in [6.07, 6.45) is 3.40. The van der Waals surface area contributed by atoms with E-state index in [1.807, 2.05) is 37.4 Å². The zero-order chi connectivity index (χ0) is 26.0. The molecule has 0 fully saturated rings. The van der Waals surface area contributed by atoms with Crippen LogP contribution in [0.3, 0.4) is 0 Å². The summed E-state index contributed by atoms with van der Waals surface area (Å²) >= 11 is 1.53. The van der Waals surface area contributed by atoms with E-state index < -0.39 is 10.0 Å². The minimum atomic E-state index is -3.97. The molecule has 0 aliphatic heterocycles. The van der Waals surface area contributed by atoms with E-state index in [4.69, 9.17) is 9.47 Å². The van der Waals surface area contributed by atoms with Gasteiger partial charge in [-0.25, -0.2) is 8.42 Å². The van der Waals surface area contributed by atoms with Gasteiger partial charge in [-0.1, -0.05) is 12.1 Å². The first-order valence-electron chi connectivity index (χ1n) is 11.7. The lowest BCUT2D eigenvalue weighted by molar-refractivity contribution is -0.119. The first kappa shape index (κ1) is 27.4. The molecule has 0 aromatic heterocycles. The Hall–Kier alpha value is -3.17. The molecule has 0 unspecified atom stereocenters. The number of ether oxygens (including phenoxy) is 2. The van der Waals surface area contributed by atoms with Gasteiger partial charge in [-0.2, -0.15) is 0 Å². The number of hydrogen-bond acceptors (Lipinski definition) is 6. The zero-order valence-corrected chi connectivity index (χ0v) is 22.4. The molecule has 7 nitrogen and oxygen atoms in total. The van der Waals surface area contributed by atoms with Crippen LogP contribution >= 0.6 is 11.8 Å². The Morgan fingerprint density at radius 3 is 2.36 bits per heavy atom. The molecule has 0 aliphatic rings. The number of nitrogens with zero attached hydrogens (tertiary/aromatic N) is 1. The first-order valence-corrected chi connectivity index (χ1v) is 14.3. The molecule has 36 heavy (non-hydrogen) atoms. The highest BCUT2D eigenvalue weighted by Gasteiger charge is 2.27. The Kier molecular flexibility index (Phi) is 10.1. The van der Waals surface area contributed by atoms with Gasteiger partial charge >= 0.3 is 0 Å². The van der Waals surface area contributed by atoms with Crippen LogP contribution in [-0.4, -0.2) is 47.4 Å². The topological polar surface area (TPSA) is 84.9 Å². The maximum Gasteiger partial charge on any atom is 0.264 e. The molecule has 0 atom stereocenters. The Balaban J connectivity index is 1.72. The average Bonchev–Trinajstić information content (AvgIpc) is 2.90. The van der Waals surface area contributed by atoms with Gasteiger partial charge in [0.1, 0.15) is 18.0 Å². The van der Waals surface area contributed by atoms with Crippen molar-refractivity contribution in [3.63, 3.8) is 0 Å². The maximum atomic E-state index is 13.5. The van der Waals surface area contributed by atoms with Crippen LogP contribution in [0.4, 0.5) is 5.69 Å². The number of sulfonamides is 1. The van der Waals surface area contributed by atoms with Crippen LogP contribution in [0, 0.1) is 0 Å². The highest BCUT2D eigenvalue weighted by atomic mass is 32.2. The van der Waals surface area contributed by atoms with Crippen LogP contribution < -0.4 is 19.1 Å². The van der Waals surface area contributed by atoms with Crippen LogP contribution in [0.25, 0.3) is 0 Å². The monoisotopic (exact) mass is 528 g/mol. The molecule has 9 heteroatoms. The predicted octanol–water partition coefficient (Wildman–Crippen LogP) is 4.76. The number of rotatable bonds is 13. The third kappa shape index (κ3) is 7.41. The molecule has 192 valence electrons. The van der Waals surface area contributed by atoms with E-state index >= 15 is 0 Å². The van der Waals surface area contributed by atoms with Crippen LogP contribution in [0.15, 0.2) is 82.6 Å². The van der Waals surface area contributed by atoms with Crippen molar-refractivity contribution in [3.8, 4) is 11.5 Å². The summed E-state index contributed by atoms with van der Waals surface area (Å²) in [5.41, 5.74) is 1.50. The van der Waals surface area contributed by atoms with Crippen molar-refractivity contribution in [1.29, 1.82) is 0 Å². The molecule has 3 aromatic rings. The van der Waals surface area contributed by atoms with Crippen molar-refractivity contribution in [2.75, 3.05) is 37.4 Å². The number of nitrogens with one attached hydrogen (secondary N) is 1. The van der Waals surface area contributed by atoms with Gasteiger partial charge < -0.3 is 14.8 Å². The number of anilines is 1. The van der Waals surface area contributed by atoms with E-state index in [1.54, 1.807) is 55.6 Å². The zero-order valence-electron chi connectivity index (χ0n) is 20.8. The van der Waals surface area contributed by atoms with Crippen LogP contribution in [0.2, 0.25) is 0 Å². The largest absolute Gasteiger partial charge is 0.497 e. The summed E-state index contributed by atoms with van der Waals surface area (Å²) in [4.78, 5) is 13.9. The molecule has 1 amide bonds. The SMILES string of the molecule is CCOc1ccc(N(CC(=O)NCCCc2cccc(OC)c2)S(=O)(=O)c2ccc(SC)cc2)cc1. The summed E-state index contributed by atoms with van der Waals surface area (Å²) in [6.45, 7) is 2.47. The number of aryl methyl sites for hydroxylation is 1. The number of hydrogen-bond donors (Lipinski definition) is 1. The van der Waals surface area contributed by atoms with E-state index in [0.717, 1.165) is 26.9 Å². The Labute approximate surface area is 217 Å². The lowest BCUT2D eigenvalue weighted by Crippen LogP contribution is -2.41. The minimum Gasteiger partial charge on any atom is -0.497 e. The summed E-state index contributed by atoms with van der Waals surface area (Å²) in [5.74, 6) is 1.04. The third-order valence-electron chi connectivity index (χ3n) is 5.47. The lowest BCUT2D eigenvalue weighted by Gasteiger charge is -2.24. The van der Waals surface area contributed by atoms with Crippen LogP contribution in [0.1, 0.15) is 18.9 Å². The highest BCUT2D eigenvalue weighted by Crippen LogP contribution is 2.27. The van der Waals surface area contributed by atoms with E-state index in [2.05, 4.69) is 5.32 Å². The molecule has 0 saturated heterocycles. The van der Waals surface area contributed by atoms with Gasteiger partial charge in [0.05, 0.1) is 24.3 Å². The van der Waals surface area contributed by atoms with E-state index in [-0.39, 0.29) is 17.3 Å². The standard InChI is InChI=1S/C27H32N2O5S2/c1-4-34-23-12-10-22(11-13-23)29(36(31,32)26-16-14-25(35-3)15-17-26)20-27(30)28-18-6-8-21-7-5-9-24(19-21)33-2/h5,7,9-17,19H,4,6,8,18,20H2,1-3H3,(H,28,30). The van der Waals surface area contributed by atoms with Crippen molar-refractivity contribution in [1.82, 2.24) is 5.32 Å². The fourth-order valence-corrected chi connectivity index (χ4v) is 5.43. The van der Waals surface area contributed by atoms with Crippen molar-refractivity contribution in [3.05, 3.63) is 78.4 Å². The number of thioether (sulfide) groups is 1. The average molecular weight is 529 g/mol. The maximum absolute atomic E-state index is 13.5. The first-order chi connectivity index (χ1) is 17.4. The van der Waals surface area contributed by atoms with Crippen LogP contribution in [-0.2, 0) is 21.2 Å². The van der Waals surface area contributed by atoms with Gasteiger partial charge in [-0.05, 0) is 92.2 Å². The van der Waals surface area contributed by atoms with Gasteiger partial charge in [0.2, 0.25) is 5.91 Å². The molecular weight excluding hydrogens is 496 g/mol. The van der Waals surface area contributed by atoms with Crippen molar-refractivity contribution >= 4 is 33.4 Å². The molecule has 0 radical (unpaired) electrons. The fourth-order valence-electron chi connectivity index (χ4n) is 3.60. The second-order valence-electron chi connectivity index (χ2n) is 7.92. The molecule has 0 bridgehead atoms. The normalized spacial score (nSPS) is 11.1. The van der Waals surface area contributed by atoms with Gasteiger partial charge in [0, 0.05) is 11.4 Å². The van der Waals surface area contributed by atoms with Gasteiger partial charge in [-0.3, -0.25) is 9.10 Å². The van der Waals surface area contributed by atoms with E-state index in [9.17, 15) is 13.2 Å². The number of carbonyl (C=O) groups excluding carboxylic acids is 1. The molecule has 0 saturated carbocycles. The smallest absolute Gasteiger partial charge is 0.264 e. The second kappa shape index (κ2) is 13.2. The predicted molar refractivity (Wildman–Crippen MR) is 145 cm³/mol. The van der Waals surface area contributed by atoms with E-state index in [0.29, 0.717) is 31.0 Å². The fraction of sp³-hybridized carbons (Fsp3) is 0.296. The molecular formula is C27H32N2O5S2. The molecule has 1 N–H and O–H groups in total. The quantitative estimate of drug-likeness (QED) is 0.254. The summed E-state index contributed by atoms with van der Waals surface area (Å²) in [5, 5.41) is 2.85. The molecule has 3 rings (SSSR count). The summed E-state index contributed by atoms with van der Waals surface area (Å²) in [7, 11) is -2.35. The third-order valence-corrected chi connectivity index (χ3v) is 8.00. The Morgan fingerprint density at radius 2 is 1.72 bits per heavy atom. The van der Waals surface area contributed by atoms with Crippen molar-refractivity contribution in [2.24, 2.45) is 0 Å². The molecule has 0 aliphatic carbocycles. The van der Waals surface area contributed by atoms with Gasteiger partial charge in [-0.15, -0.1) is 11.8 Å². The Bertz CT molecular complexity index is 1230. The number of benzene rings is 3. The lowest BCUT2D eigenvalue weighted by atomic mass is 10.1. The van der Waals surface area contributed by atoms with E-state index in [1.165, 1.54) is 11.8 Å². The number of methoxy groups -OCH3 is 1. The molecule has 0 heterocycles. The summed E-state index contributed by atoms with van der Waals surface area (Å²) < 4.78 is 39.0.